The fraction of sp³-hybridized carbons (Fsp3) is 0.286. The Bertz CT molecular complexity index is 864. The second-order valence-corrected chi connectivity index (χ2v) is 7.33. The first-order valence-electron chi connectivity index (χ1n) is 9.17. The largest absolute Gasteiger partial charge is 0.398 e. The molecule has 2 amide bonds. The van der Waals surface area contributed by atoms with Crippen LogP contribution in [0, 0.1) is 11.3 Å². The summed E-state index contributed by atoms with van der Waals surface area (Å²) in [5.74, 6) is -0.346. The van der Waals surface area contributed by atoms with Gasteiger partial charge in [0, 0.05) is 47.2 Å². The maximum absolute atomic E-state index is 12.8. The lowest BCUT2D eigenvalue weighted by Crippen LogP contribution is -2.42. The molecule has 3 rings (SSSR count). The Morgan fingerprint density at radius 3 is 2.54 bits per heavy atom. The van der Waals surface area contributed by atoms with E-state index in [1.54, 1.807) is 12.1 Å². The summed E-state index contributed by atoms with van der Waals surface area (Å²) in [4.78, 5) is 27.6. The van der Waals surface area contributed by atoms with Gasteiger partial charge >= 0.3 is 0 Å². The summed E-state index contributed by atoms with van der Waals surface area (Å²) in [6.07, 6.45) is 3.10. The van der Waals surface area contributed by atoms with Crippen LogP contribution in [0.1, 0.15) is 24.0 Å². The summed E-state index contributed by atoms with van der Waals surface area (Å²) in [7, 11) is 0. The zero-order valence-electron chi connectivity index (χ0n) is 15.5. The van der Waals surface area contributed by atoms with Gasteiger partial charge in [-0.3, -0.25) is 14.5 Å². The zero-order valence-corrected chi connectivity index (χ0v) is 16.2. The normalized spacial score (nSPS) is 14.5. The Morgan fingerprint density at radius 2 is 1.93 bits per heavy atom. The molecule has 6 nitrogen and oxygen atoms in total. The van der Waals surface area contributed by atoms with Crippen LogP contribution in [0.2, 0.25) is 5.02 Å². The van der Waals surface area contributed by atoms with Crippen molar-refractivity contribution in [3.8, 4) is 0 Å². The van der Waals surface area contributed by atoms with Crippen LogP contribution in [-0.4, -0.2) is 36.5 Å². The van der Waals surface area contributed by atoms with Gasteiger partial charge in [-0.2, -0.15) is 0 Å². The number of halogens is 1. The molecule has 0 spiro atoms. The molecule has 1 aliphatic heterocycles. The molecule has 2 aromatic carbocycles. The predicted octanol–water partition coefficient (Wildman–Crippen LogP) is 3.32. The van der Waals surface area contributed by atoms with Crippen LogP contribution < -0.4 is 10.6 Å². The molecule has 0 bridgehead atoms. The van der Waals surface area contributed by atoms with Crippen molar-refractivity contribution in [2.24, 2.45) is 5.92 Å². The molecule has 146 valence electrons. The topological polar surface area (TPSA) is 90.5 Å². The van der Waals surface area contributed by atoms with E-state index in [1.165, 1.54) is 11.1 Å². The van der Waals surface area contributed by atoms with Crippen molar-refractivity contribution in [2.75, 3.05) is 23.7 Å². The van der Waals surface area contributed by atoms with Crippen LogP contribution in [0.5, 0.6) is 0 Å². The standard InChI is InChI=1S/C21H23ClN4O2/c22-17-10-19(24)18(12-23)20(11-17)25-8-6-16(7-9-25)21(28)26(14-27)13-15-4-2-1-3-5-15/h1-5,10-12,14,16,23H,6-9,13,24H2. The number of nitrogen functional groups attached to an aromatic ring is 1. The maximum atomic E-state index is 12.8. The Balaban J connectivity index is 1.67. The van der Waals surface area contributed by atoms with Crippen molar-refractivity contribution < 1.29 is 9.59 Å². The van der Waals surface area contributed by atoms with Gasteiger partial charge in [-0.15, -0.1) is 0 Å². The van der Waals surface area contributed by atoms with Crippen molar-refractivity contribution in [1.82, 2.24) is 4.90 Å². The molecule has 3 N–H and O–H groups in total. The molecule has 28 heavy (non-hydrogen) atoms. The highest BCUT2D eigenvalue weighted by Gasteiger charge is 2.29. The van der Waals surface area contributed by atoms with Crippen molar-refractivity contribution in [3.05, 3.63) is 58.6 Å². The molecule has 1 saturated heterocycles. The first kappa shape index (κ1) is 19.9. The Kier molecular flexibility index (Phi) is 6.31. The number of anilines is 2. The average molecular weight is 399 g/mol. The van der Waals surface area contributed by atoms with Gasteiger partial charge in [0.25, 0.3) is 0 Å². The molecule has 2 aromatic rings. The quantitative estimate of drug-likeness (QED) is 0.443. The fourth-order valence-electron chi connectivity index (χ4n) is 3.59. The minimum absolute atomic E-state index is 0.142. The van der Waals surface area contributed by atoms with Crippen LogP contribution >= 0.6 is 11.6 Å². The van der Waals surface area contributed by atoms with E-state index < -0.39 is 0 Å². The molecule has 1 fully saturated rings. The molecule has 0 saturated carbocycles. The van der Waals surface area contributed by atoms with E-state index in [9.17, 15) is 9.59 Å². The second-order valence-electron chi connectivity index (χ2n) is 6.89. The van der Waals surface area contributed by atoms with E-state index in [-0.39, 0.29) is 18.4 Å². The smallest absolute Gasteiger partial charge is 0.232 e. The number of piperidine rings is 1. The number of carbonyl (C=O) groups excluding carboxylic acids is 2. The zero-order chi connectivity index (χ0) is 20.1. The maximum Gasteiger partial charge on any atom is 0.232 e. The Morgan fingerprint density at radius 1 is 1.25 bits per heavy atom. The third-order valence-corrected chi connectivity index (χ3v) is 5.31. The monoisotopic (exact) mass is 398 g/mol. The number of amides is 2. The average Bonchev–Trinajstić information content (AvgIpc) is 2.72. The molecule has 0 aromatic heterocycles. The molecule has 0 unspecified atom stereocenters. The van der Waals surface area contributed by atoms with Gasteiger partial charge in [0.05, 0.1) is 6.54 Å². The summed E-state index contributed by atoms with van der Waals surface area (Å²) in [6.45, 7) is 1.55. The number of hydrogen-bond donors (Lipinski definition) is 2. The number of nitrogens with two attached hydrogens (primary N) is 1. The number of benzene rings is 2. The number of nitrogens with zero attached hydrogens (tertiary/aromatic N) is 2. The lowest BCUT2D eigenvalue weighted by molar-refractivity contribution is -0.142. The lowest BCUT2D eigenvalue weighted by atomic mass is 9.94. The molecular weight excluding hydrogens is 376 g/mol. The minimum Gasteiger partial charge on any atom is -0.398 e. The number of imide groups is 1. The Hall–Kier alpha value is -2.86. The van der Waals surface area contributed by atoms with E-state index in [1.807, 2.05) is 30.3 Å². The summed E-state index contributed by atoms with van der Waals surface area (Å²) in [6, 6.07) is 12.9. The summed E-state index contributed by atoms with van der Waals surface area (Å²) < 4.78 is 0. The minimum atomic E-state index is -0.204. The van der Waals surface area contributed by atoms with E-state index >= 15 is 0 Å². The van der Waals surface area contributed by atoms with Crippen LogP contribution in [0.4, 0.5) is 11.4 Å². The number of rotatable bonds is 6. The molecule has 7 heteroatoms. The van der Waals surface area contributed by atoms with Crippen LogP contribution in [0.15, 0.2) is 42.5 Å². The first-order valence-corrected chi connectivity index (χ1v) is 9.55. The third-order valence-electron chi connectivity index (χ3n) is 5.09. The van der Waals surface area contributed by atoms with Gasteiger partial charge in [0.1, 0.15) is 0 Å². The second kappa shape index (κ2) is 8.89. The van der Waals surface area contributed by atoms with Gasteiger partial charge in [-0.1, -0.05) is 41.9 Å². The van der Waals surface area contributed by atoms with Gasteiger partial charge in [-0.05, 0) is 30.5 Å². The SMILES string of the molecule is N=Cc1c(N)cc(Cl)cc1N1CCC(C(=O)N(C=O)Cc2ccccc2)CC1. The molecule has 1 aliphatic rings. The van der Waals surface area contributed by atoms with E-state index in [4.69, 9.17) is 22.7 Å². The van der Waals surface area contributed by atoms with E-state index in [2.05, 4.69) is 4.90 Å². The molecule has 0 atom stereocenters. The molecule has 0 aliphatic carbocycles. The molecular formula is C21H23ClN4O2. The number of hydrogen-bond acceptors (Lipinski definition) is 5. The summed E-state index contributed by atoms with van der Waals surface area (Å²) in [5, 5.41) is 8.16. The fourth-order valence-corrected chi connectivity index (χ4v) is 3.81. The third kappa shape index (κ3) is 4.34. The molecule has 0 radical (unpaired) electrons. The van der Waals surface area contributed by atoms with Gasteiger partial charge in [-0.25, -0.2) is 0 Å². The lowest BCUT2D eigenvalue weighted by Gasteiger charge is -2.35. The van der Waals surface area contributed by atoms with Crippen molar-refractivity contribution in [3.63, 3.8) is 0 Å². The number of nitrogens with one attached hydrogen (secondary N) is 1. The predicted molar refractivity (Wildman–Crippen MR) is 112 cm³/mol. The van der Waals surface area contributed by atoms with Crippen molar-refractivity contribution in [1.29, 1.82) is 5.41 Å². The highest BCUT2D eigenvalue weighted by Crippen LogP contribution is 2.32. The van der Waals surface area contributed by atoms with Crippen LogP contribution in [0.3, 0.4) is 0 Å². The summed E-state index contributed by atoms with van der Waals surface area (Å²) in [5.41, 5.74) is 8.81. The molecule has 1 heterocycles. The van der Waals surface area contributed by atoms with Crippen LogP contribution in [-0.2, 0) is 16.1 Å². The van der Waals surface area contributed by atoms with Crippen molar-refractivity contribution in [2.45, 2.75) is 19.4 Å². The highest BCUT2D eigenvalue weighted by molar-refractivity contribution is 6.31. The van der Waals surface area contributed by atoms with Gasteiger partial charge in [0.2, 0.25) is 12.3 Å². The highest BCUT2D eigenvalue weighted by atomic mass is 35.5. The van der Waals surface area contributed by atoms with E-state index in [0.717, 1.165) is 11.3 Å². The van der Waals surface area contributed by atoms with Crippen LogP contribution in [0.25, 0.3) is 0 Å². The van der Waals surface area contributed by atoms with E-state index in [0.29, 0.717) is 48.6 Å². The van der Waals surface area contributed by atoms with Gasteiger partial charge in [0.15, 0.2) is 0 Å². The summed E-state index contributed by atoms with van der Waals surface area (Å²) >= 11 is 6.13. The first-order chi connectivity index (χ1) is 13.5. The van der Waals surface area contributed by atoms with Gasteiger partial charge < -0.3 is 16.0 Å². The van der Waals surface area contributed by atoms with Crippen molar-refractivity contribution >= 4 is 41.5 Å². The number of carbonyl (C=O) groups is 2. The Labute approximate surface area is 169 Å².